The minimum Gasteiger partial charge on any atom is -0.454 e. The lowest BCUT2D eigenvalue weighted by molar-refractivity contribution is -0.129. The van der Waals surface area contributed by atoms with Gasteiger partial charge in [0.25, 0.3) is 5.91 Å². The maximum atomic E-state index is 13.9. The first-order chi connectivity index (χ1) is 21.5. The number of benzene rings is 2. The van der Waals surface area contributed by atoms with Gasteiger partial charge in [0.15, 0.2) is 17.6 Å². The average molecular weight is 659 g/mol. The fourth-order valence-electron chi connectivity index (χ4n) is 5.15. The van der Waals surface area contributed by atoms with E-state index in [2.05, 4.69) is 10.3 Å². The Morgan fingerprint density at radius 3 is 2.64 bits per heavy atom. The van der Waals surface area contributed by atoms with E-state index in [4.69, 9.17) is 14.2 Å². The van der Waals surface area contributed by atoms with Gasteiger partial charge in [0.1, 0.15) is 0 Å². The lowest BCUT2D eigenvalue weighted by Gasteiger charge is -2.31. The number of ether oxygens (including phenoxy) is 3. The zero-order valence-corrected chi connectivity index (χ0v) is 27.1. The first-order valence-corrected chi connectivity index (χ1v) is 17.1. The molecule has 0 aliphatic carbocycles. The number of rotatable bonds is 14. The Labute approximate surface area is 267 Å². The van der Waals surface area contributed by atoms with E-state index in [1.165, 1.54) is 32.7 Å². The number of aromatic nitrogens is 1. The van der Waals surface area contributed by atoms with Crippen LogP contribution < -0.4 is 14.8 Å². The Morgan fingerprint density at radius 2 is 1.93 bits per heavy atom. The second kappa shape index (κ2) is 14.1. The molecule has 0 bridgehead atoms. The minimum absolute atomic E-state index is 0.00598. The van der Waals surface area contributed by atoms with E-state index in [-0.39, 0.29) is 50.2 Å². The van der Waals surface area contributed by atoms with Gasteiger partial charge in [-0.2, -0.15) is 4.31 Å². The smallest absolute Gasteiger partial charge is 0.411 e. The summed E-state index contributed by atoms with van der Waals surface area (Å²) < 4.78 is 45.2. The summed E-state index contributed by atoms with van der Waals surface area (Å²) in [5, 5.41) is 17.2. The predicted molar refractivity (Wildman–Crippen MR) is 166 cm³/mol. The predicted octanol–water partition coefficient (Wildman–Crippen LogP) is 3.33. The summed E-state index contributed by atoms with van der Waals surface area (Å²) in [7, 11) is -4.07. The van der Waals surface area contributed by atoms with Gasteiger partial charge in [0.2, 0.25) is 16.8 Å². The largest absolute Gasteiger partial charge is 0.454 e. The molecule has 3 heterocycles. The summed E-state index contributed by atoms with van der Waals surface area (Å²) in [4.78, 5) is 31.8. The van der Waals surface area contributed by atoms with Crippen molar-refractivity contribution in [2.45, 2.75) is 63.3 Å². The molecule has 0 spiro atoms. The van der Waals surface area contributed by atoms with Crippen LogP contribution in [-0.2, 0) is 32.5 Å². The van der Waals surface area contributed by atoms with Crippen LogP contribution >= 0.6 is 11.3 Å². The second-order valence-electron chi connectivity index (χ2n) is 11.3. The first-order valence-electron chi connectivity index (χ1n) is 14.8. The zero-order chi connectivity index (χ0) is 32.1. The molecule has 5 rings (SSSR count). The number of nitrogens with zero attached hydrogens (tertiary/aromatic N) is 3. The summed E-state index contributed by atoms with van der Waals surface area (Å²) in [5.74, 6) is 0.210. The first kappa shape index (κ1) is 32.7. The van der Waals surface area contributed by atoms with Crippen molar-refractivity contribution in [2.75, 3.05) is 26.4 Å². The van der Waals surface area contributed by atoms with Crippen LogP contribution in [0.5, 0.6) is 11.5 Å². The molecule has 2 N–H and O–H groups in total. The summed E-state index contributed by atoms with van der Waals surface area (Å²) in [5.41, 5.74) is 1.54. The Hall–Kier alpha value is -3.72. The highest BCUT2D eigenvalue weighted by Crippen LogP contribution is 2.35. The summed E-state index contributed by atoms with van der Waals surface area (Å²) in [6.45, 7) is 5.89. The monoisotopic (exact) mass is 658 g/mol. The van der Waals surface area contributed by atoms with E-state index in [9.17, 15) is 23.1 Å². The number of cyclic esters (lactones) is 1. The minimum atomic E-state index is -4.07. The lowest BCUT2D eigenvalue weighted by atomic mass is 10.0. The Kier molecular flexibility index (Phi) is 10.3. The number of carbonyl (C=O) groups is 2. The van der Waals surface area contributed by atoms with Crippen LogP contribution in [0.2, 0.25) is 0 Å². The van der Waals surface area contributed by atoms with Crippen LogP contribution in [0.4, 0.5) is 4.79 Å². The number of nitrogens with one attached hydrogen (secondary N) is 1. The molecule has 1 saturated heterocycles. The third-order valence-corrected chi connectivity index (χ3v) is 10.5. The van der Waals surface area contributed by atoms with E-state index >= 15 is 0 Å². The number of aryl methyl sites for hydroxylation is 1. The van der Waals surface area contributed by atoms with Crippen LogP contribution in [-0.4, -0.2) is 84.4 Å². The SMILES string of the molecule is CC[C@@H](C)CN(CC(O)C(Cc1ccccc1)NC(=O)C1CN(Cc2csc(C)n2)C(=O)O1)S(=O)(=O)c1ccc2c(c1)OCO2. The fraction of sp³-hybridized carbons (Fsp3) is 0.452. The van der Waals surface area contributed by atoms with Gasteiger partial charge < -0.3 is 24.6 Å². The highest BCUT2D eigenvalue weighted by molar-refractivity contribution is 7.89. The highest BCUT2D eigenvalue weighted by Gasteiger charge is 2.39. The highest BCUT2D eigenvalue weighted by atomic mass is 32.2. The van der Waals surface area contributed by atoms with Crippen molar-refractivity contribution in [3.63, 3.8) is 0 Å². The van der Waals surface area contributed by atoms with Crippen LogP contribution in [0, 0.1) is 12.8 Å². The van der Waals surface area contributed by atoms with Crippen LogP contribution in [0.15, 0.2) is 58.8 Å². The zero-order valence-electron chi connectivity index (χ0n) is 25.4. The number of hydrogen-bond acceptors (Lipinski definition) is 10. The number of hydrogen-bond donors (Lipinski definition) is 2. The molecule has 1 aromatic heterocycles. The standard InChI is InChI=1S/C31H38N4O8S2/c1-4-20(2)14-35(45(39,40)24-10-11-27-28(13-24)42-19-41-27)16-26(36)25(12-22-8-6-5-7-9-22)33-30(37)29-17-34(31(38)43-29)15-23-18-44-21(3)32-23/h5-11,13,18,20,25-26,29,36H,4,12,14-17,19H2,1-3H3,(H,33,37)/t20-,25?,26?,29?/m1/s1. The van der Waals surface area contributed by atoms with Gasteiger partial charge in [-0.05, 0) is 37.0 Å². The number of aliphatic hydroxyl groups excluding tert-OH is 1. The van der Waals surface area contributed by atoms with Crippen LogP contribution in [0.3, 0.4) is 0 Å². The third kappa shape index (κ3) is 7.93. The van der Waals surface area contributed by atoms with Crippen molar-refractivity contribution in [1.29, 1.82) is 0 Å². The van der Waals surface area contributed by atoms with Crippen molar-refractivity contribution in [2.24, 2.45) is 5.92 Å². The topological polar surface area (TPSA) is 148 Å². The Bertz CT molecular complexity index is 1600. The normalized spacial score (nSPS) is 18.1. The molecule has 2 aromatic carbocycles. The Balaban J connectivity index is 1.34. The summed E-state index contributed by atoms with van der Waals surface area (Å²) in [6.07, 6.45) is -2.09. The second-order valence-corrected chi connectivity index (χ2v) is 14.3. The molecular formula is C31H38N4O8S2. The molecule has 14 heteroatoms. The molecule has 1 fully saturated rings. The van der Waals surface area contributed by atoms with Crippen LogP contribution in [0.1, 0.15) is 36.5 Å². The van der Waals surface area contributed by atoms with E-state index in [0.29, 0.717) is 17.2 Å². The molecule has 2 aliphatic heterocycles. The number of sulfonamides is 1. The van der Waals surface area contributed by atoms with E-state index in [1.54, 1.807) is 6.07 Å². The van der Waals surface area contributed by atoms with Crippen molar-refractivity contribution in [1.82, 2.24) is 19.5 Å². The quantitative estimate of drug-likeness (QED) is 0.266. The molecule has 12 nitrogen and oxygen atoms in total. The van der Waals surface area contributed by atoms with Crippen molar-refractivity contribution < 1.29 is 37.3 Å². The number of aliphatic hydroxyl groups is 1. The van der Waals surface area contributed by atoms with Gasteiger partial charge >= 0.3 is 6.09 Å². The van der Waals surface area contributed by atoms with Gasteiger partial charge in [-0.3, -0.25) is 9.69 Å². The number of carbonyl (C=O) groups excluding carboxylic acids is 2. The molecule has 3 aromatic rings. The molecule has 45 heavy (non-hydrogen) atoms. The van der Waals surface area contributed by atoms with E-state index < -0.39 is 40.3 Å². The lowest BCUT2D eigenvalue weighted by Crippen LogP contribution is -2.53. The van der Waals surface area contributed by atoms with Crippen LogP contribution in [0.25, 0.3) is 0 Å². The number of fused-ring (bicyclic) bond motifs is 1. The van der Waals surface area contributed by atoms with Gasteiger partial charge in [-0.15, -0.1) is 11.3 Å². The van der Waals surface area contributed by atoms with Gasteiger partial charge in [0, 0.05) is 24.5 Å². The molecule has 4 atom stereocenters. The van der Waals surface area contributed by atoms with Crippen molar-refractivity contribution in [3.8, 4) is 11.5 Å². The molecule has 2 amide bonds. The number of thiazole rings is 1. The van der Waals surface area contributed by atoms with Gasteiger partial charge in [0.05, 0.1) is 40.8 Å². The average Bonchev–Trinajstić information content (AvgIpc) is 3.76. The third-order valence-electron chi connectivity index (χ3n) is 7.87. The molecule has 0 saturated carbocycles. The fourth-order valence-corrected chi connectivity index (χ4v) is 7.34. The maximum absolute atomic E-state index is 13.9. The molecule has 3 unspecified atom stereocenters. The number of amides is 2. The van der Waals surface area contributed by atoms with E-state index in [0.717, 1.165) is 17.0 Å². The molecule has 2 aliphatic rings. The van der Waals surface area contributed by atoms with Gasteiger partial charge in [-0.1, -0.05) is 50.6 Å². The molecule has 0 radical (unpaired) electrons. The van der Waals surface area contributed by atoms with Crippen molar-refractivity contribution in [3.05, 3.63) is 70.2 Å². The molecule has 242 valence electrons. The Morgan fingerprint density at radius 1 is 1.18 bits per heavy atom. The summed E-state index contributed by atoms with van der Waals surface area (Å²) in [6, 6.07) is 12.8. The molecular weight excluding hydrogens is 620 g/mol. The maximum Gasteiger partial charge on any atom is 0.411 e. The van der Waals surface area contributed by atoms with E-state index in [1.807, 2.05) is 56.5 Å². The van der Waals surface area contributed by atoms with Crippen molar-refractivity contribution >= 4 is 33.4 Å². The van der Waals surface area contributed by atoms with Gasteiger partial charge in [-0.25, -0.2) is 18.2 Å². The summed E-state index contributed by atoms with van der Waals surface area (Å²) >= 11 is 1.47.